The Kier molecular flexibility index (Phi) is 11.4. The molecule has 4 heteroatoms. The SMILES string of the molecule is CCCOP(OCCC)SCCC. The van der Waals surface area contributed by atoms with Crippen molar-refractivity contribution >= 4 is 19.0 Å². The summed E-state index contributed by atoms with van der Waals surface area (Å²) in [5.41, 5.74) is 0. The Balaban J connectivity index is 3.47. The summed E-state index contributed by atoms with van der Waals surface area (Å²) in [7, 11) is -0.662. The van der Waals surface area contributed by atoms with Crippen molar-refractivity contribution in [3.05, 3.63) is 0 Å². The molecule has 0 aromatic heterocycles. The third-order valence-corrected chi connectivity index (χ3v) is 4.60. The van der Waals surface area contributed by atoms with Gasteiger partial charge in [-0.15, -0.1) is 0 Å². The Labute approximate surface area is 87.4 Å². The first-order valence-corrected chi connectivity index (χ1v) is 7.80. The van der Waals surface area contributed by atoms with Crippen molar-refractivity contribution in [3.63, 3.8) is 0 Å². The lowest BCUT2D eigenvalue weighted by Gasteiger charge is -2.15. The van der Waals surface area contributed by atoms with E-state index >= 15 is 0 Å². The molecular weight excluding hydrogens is 203 g/mol. The molecule has 0 rings (SSSR count). The van der Waals surface area contributed by atoms with Gasteiger partial charge in [-0.2, -0.15) is 0 Å². The van der Waals surface area contributed by atoms with Crippen LogP contribution in [0, 0.1) is 0 Å². The van der Waals surface area contributed by atoms with Crippen molar-refractivity contribution in [1.29, 1.82) is 0 Å². The van der Waals surface area contributed by atoms with Gasteiger partial charge in [-0.1, -0.05) is 32.2 Å². The van der Waals surface area contributed by atoms with Gasteiger partial charge in [-0.05, 0) is 19.3 Å². The van der Waals surface area contributed by atoms with E-state index in [1.165, 1.54) is 6.42 Å². The maximum atomic E-state index is 5.60. The highest BCUT2D eigenvalue weighted by atomic mass is 32.7. The van der Waals surface area contributed by atoms with E-state index in [4.69, 9.17) is 9.05 Å². The fourth-order valence-electron chi connectivity index (χ4n) is 0.609. The topological polar surface area (TPSA) is 18.5 Å². The second-order valence-corrected chi connectivity index (χ2v) is 6.02. The van der Waals surface area contributed by atoms with E-state index < -0.39 is 7.58 Å². The summed E-state index contributed by atoms with van der Waals surface area (Å²) in [6, 6.07) is 0. The highest BCUT2D eigenvalue weighted by Gasteiger charge is 2.09. The average Bonchev–Trinajstić information content (AvgIpc) is 2.17. The van der Waals surface area contributed by atoms with Crippen LogP contribution in [0.1, 0.15) is 40.0 Å². The Morgan fingerprint density at radius 1 is 0.923 bits per heavy atom. The molecule has 2 nitrogen and oxygen atoms in total. The molecule has 0 radical (unpaired) electrons. The average molecular weight is 224 g/mol. The molecule has 0 aliphatic heterocycles. The zero-order valence-electron chi connectivity index (χ0n) is 8.91. The van der Waals surface area contributed by atoms with E-state index in [1.807, 2.05) is 11.4 Å². The third-order valence-electron chi connectivity index (χ3n) is 1.20. The van der Waals surface area contributed by atoms with E-state index in [2.05, 4.69) is 20.8 Å². The van der Waals surface area contributed by atoms with E-state index in [1.54, 1.807) is 0 Å². The summed E-state index contributed by atoms with van der Waals surface area (Å²) in [6.45, 7) is 8.08. The van der Waals surface area contributed by atoms with Gasteiger partial charge in [0.2, 0.25) is 7.58 Å². The van der Waals surface area contributed by atoms with Gasteiger partial charge in [0.05, 0.1) is 13.2 Å². The quantitative estimate of drug-likeness (QED) is 0.546. The van der Waals surface area contributed by atoms with Gasteiger partial charge in [-0.25, -0.2) is 0 Å². The fraction of sp³-hybridized carbons (Fsp3) is 1.00. The van der Waals surface area contributed by atoms with Crippen LogP contribution in [0.5, 0.6) is 0 Å². The van der Waals surface area contributed by atoms with Crippen LogP contribution >= 0.6 is 19.0 Å². The molecule has 0 amide bonds. The van der Waals surface area contributed by atoms with E-state index in [0.717, 1.165) is 31.8 Å². The normalized spacial score (nSPS) is 11.1. The second kappa shape index (κ2) is 10.8. The van der Waals surface area contributed by atoms with Crippen LogP contribution in [-0.4, -0.2) is 19.0 Å². The Hall–Kier alpha value is 0.700. The van der Waals surface area contributed by atoms with Gasteiger partial charge in [-0.3, -0.25) is 0 Å². The first-order chi connectivity index (χ1) is 6.35. The molecular formula is C9H21O2PS. The molecule has 0 aromatic rings. The maximum Gasteiger partial charge on any atom is 0.238 e. The predicted octanol–water partition coefficient (Wildman–Crippen LogP) is 4.21. The van der Waals surface area contributed by atoms with Crippen LogP contribution in [0.3, 0.4) is 0 Å². The molecule has 13 heavy (non-hydrogen) atoms. The van der Waals surface area contributed by atoms with Crippen molar-refractivity contribution in [2.75, 3.05) is 19.0 Å². The number of hydrogen-bond acceptors (Lipinski definition) is 3. The number of rotatable bonds is 9. The lowest BCUT2D eigenvalue weighted by atomic mass is 10.5. The lowest BCUT2D eigenvalue weighted by Crippen LogP contribution is -1.92. The molecule has 0 unspecified atom stereocenters. The van der Waals surface area contributed by atoms with Crippen LogP contribution in [0.25, 0.3) is 0 Å². The van der Waals surface area contributed by atoms with Gasteiger partial charge in [0, 0.05) is 5.75 Å². The van der Waals surface area contributed by atoms with Crippen molar-refractivity contribution < 1.29 is 9.05 Å². The monoisotopic (exact) mass is 224 g/mol. The van der Waals surface area contributed by atoms with Gasteiger partial charge >= 0.3 is 0 Å². The molecule has 0 saturated carbocycles. The van der Waals surface area contributed by atoms with E-state index in [9.17, 15) is 0 Å². The largest absolute Gasteiger partial charge is 0.326 e. The minimum absolute atomic E-state index is 0.662. The Bertz CT molecular complexity index is 84.6. The summed E-state index contributed by atoms with van der Waals surface area (Å²) < 4.78 is 11.2. The van der Waals surface area contributed by atoms with Crippen molar-refractivity contribution in [2.24, 2.45) is 0 Å². The van der Waals surface area contributed by atoms with Crippen LogP contribution in [0.15, 0.2) is 0 Å². The standard InChI is InChI=1S/C9H21O2PS/c1-4-7-10-12(11-8-5-2)13-9-6-3/h4-9H2,1-3H3. The molecule has 0 spiro atoms. The molecule has 80 valence electrons. The molecule has 0 aliphatic rings. The van der Waals surface area contributed by atoms with Gasteiger partial charge in [0.1, 0.15) is 0 Å². The minimum atomic E-state index is -0.662. The summed E-state index contributed by atoms with van der Waals surface area (Å²) in [6.07, 6.45) is 3.33. The smallest absolute Gasteiger partial charge is 0.238 e. The van der Waals surface area contributed by atoms with Crippen LogP contribution < -0.4 is 0 Å². The summed E-state index contributed by atoms with van der Waals surface area (Å²) in [5, 5.41) is 0. The maximum absolute atomic E-state index is 5.60. The van der Waals surface area contributed by atoms with Crippen LogP contribution in [0.4, 0.5) is 0 Å². The summed E-state index contributed by atoms with van der Waals surface area (Å²) in [4.78, 5) is 0. The molecule has 0 aromatic carbocycles. The van der Waals surface area contributed by atoms with Gasteiger partial charge in [0.25, 0.3) is 0 Å². The van der Waals surface area contributed by atoms with Gasteiger partial charge in [0.15, 0.2) is 0 Å². The molecule has 0 bridgehead atoms. The second-order valence-electron chi connectivity index (χ2n) is 2.72. The van der Waals surface area contributed by atoms with Crippen LogP contribution in [0.2, 0.25) is 0 Å². The molecule has 0 heterocycles. The minimum Gasteiger partial charge on any atom is -0.326 e. The Morgan fingerprint density at radius 3 is 1.85 bits per heavy atom. The van der Waals surface area contributed by atoms with Crippen molar-refractivity contribution in [2.45, 2.75) is 40.0 Å². The summed E-state index contributed by atoms with van der Waals surface area (Å²) >= 11 is 1.82. The Morgan fingerprint density at radius 2 is 1.46 bits per heavy atom. The van der Waals surface area contributed by atoms with Crippen molar-refractivity contribution in [1.82, 2.24) is 0 Å². The third kappa shape index (κ3) is 9.01. The van der Waals surface area contributed by atoms with E-state index in [-0.39, 0.29) is 0 Å². The van der Waals surface area contributed by atoms with E-state index in [0.29, 0.717) is 0 Å². The number of hydrogen-bond donors (Lipinski definition) is 0. The molecule has 0 N–H and O–H groups in total. The zero-order chi connectivity index (χ0) is 9.94. The molecule has 0 atom stereocenters. The van der Waals surface area contributed by atoms with Crippen LogP contribution in [-0.2, 0) is 9.05 Å². The van der Waals surface area contributed by atoms with Gasteiger partial charge < -0.3 is 9.05 Å². The first kappa shape index (κ1) is 13.7. The fourth-order valence-corrected chi connectivity index (χ4v) is 3.72. The molecule has 0 aliphatic carbocycles. The lowest BCUT2D eigenvalue weighted by molar-refractivity contribution is 0.262. The zero-order valence-corrected chi connectivity index (χ0v) is 10.6. The summed E-state index contributed by atoms with van der Waals surface area (Å²) in [5.74, 6) is 1.14. The highest BCUT2D eigenvalue weighted by molar-refractivity contribution is 8.52. The molecule has 0 saturated heterocycles. The molecule has 0 fully saturated rings. The van der Waals surface area contributed by atoms with Crippen molar-refractivity contribution in [3.8, 4) is 0 Å². The first-order valence-electron chi connectivity index (χ1n) is 5.04. The predicted molar refractivity (Wildman–Crippen MR) is 62.2 cm³/mol. The highest BCUT2D eigenvalue weighted by Crippen LogP contribution is 2.52.